The average Bonchev–Trinajstić information content (AvgIpc) is 3.37. The van der Waals surface area contributed by atoms with Gasteiger partial charge in [-0.25, -0.2) is 22.6 Å². The van der Waals surface area contributed by atoms with Gasteiger partial charge in [-0.15, -0.1) is 5.01 Å². The lowest BCUT2D eigenvalue weighted by molar-refractivity contribution is -0.727. The number of hydrogen-bond acceptors (Lipinski definition) is 10. The van der Waals surface area contributed by atoms with Gasteiger partial charge in [-0.2, -0.15) is 18.3 Å². The van der Waals surface area contributed by atoms with Crippen LogP contribution in [0.1, 0.15) is 32.0 Å². The van der Waals surface area contributed by atoms with Gasteiger partial charge in [0, 0.05) is 12.5 Å². The Morgan fingerprint density at radius 3 is 2.27 bits per heavy atom. The first kappa shape index (κ1) is 33.0. The topological polar surface area (TPSA) is 167 Å². The number of carbonyl (C=O) groups excluding carboxylic acids is 2. The van der Waals surface area contributed by atoms with Crippen molar-refractivity contribution in [1.29, 1.82) is 0 Å². The van der Waals surface area contributed by atoms with Gasteiger partial charge in [0.25, 0.3) is 16.3 Å². The summed E-state index contributed by atoms with van der Waals surface area (Å²) in [6.07, 6.45) is -7.42. The van der Waals surface area contributed by atoms with Gasteiger partial charge in [-0.05, 0) is 51.1 Å². The summed E-state index contributed by atoms with van der Waals surface area (Å²) in [5.41, 5.74) is 0.540. The number of amides is 1. The summed E-state index contributed by atoms with van der Waals surface area (Å²) in [4.78, 5) is 28.5. The van der Waals surface area contributed by atoms with Crippen LogP contribution in [0, 0.1) is 18.0 Å². The number of hydrogen-bond donors (Lipinski definition) is 1. The van der Waals surface area contributed by atoms with Crippen LogP contribution in [0.5, 0.6) is 0 Å². The van der Waals surface area contributed by atoms with Crippen molar-refractivity contribution in [1.82, 2.24) is 19.5 Å². The number of nitrogens with one attached hydrogen (secondary N) is 1. The zero-order valence-electron chi connectivity index (χ0n) is 24.4. The van der Waals surface area contributed by atoms with E-state index in [1.165, 1.54) is 19.1 Å². The lowest BCUT2D eigenvalue weighted by Crippen LogP contribution is -2.56. The highest BCUT2D eigenvalue weighted by Crippen LogP contribution is 2.33. The lowest BCUT2D eigenvalue weighted by Gasteiger charge is -2.32. The van der Waals surface area contributed by atoms with Crippen LogP contribution in [0.2, 0.25) is 0 Å². The second-order valence-electron chi connectivity index (χ2n) is 10.3. The number of alkyl halides is 3. The van der Waals surface area contributed by atoms with Crippen molar-refractivity contribution in [2.24, 2.45) is 11.2 Å². The largest absolute Gasteiger partial charge is 0.569 e. The zero-order valence-corrected chi connectivity index (χ0v) is 25.2. The molecule has 1 atom stereocenters. The number of ether oxygens (including phenoxy) is 2. The first-order chi connectivity index (χ1) is 21.0. The summed E-state index contributed by atoms with van der Waals surface area (Å²) in [5.74, 6) is -1.77. The van der Waals surface area contributed by atoms with Gasteiger partial charge in [0.05, 0.1) is 46.4 Å². The fourth-order valence-corrected chi connectivity index (χ4v) is 5.03. The molecule has 0 spiro atoms. The second kappa shape index (κ2) is 13.0. The van der Waals surface area contributed by atoms with Crippen LogP contribution >= 0.6 is 0 Å². The minimum atomic E-state index is -4.71. The second-order valence-corrected chi connectivity index (χ2v) is 11.9. The Hall–Kier alpha value is -4.87. The molecule has 3 aromatic rings. The Bertz CT molecular complexity index is 1670. The third-order valence-corrected chi connectivity index (χ3v) is 7.67. The summed E-state index contributed by atoms with van der Waals surface area (Å²) >= 11 is 0. The highest BCUT2D eigenvalue weighted by atomic mass is 32.2. The highest BCUT2D eigenvalue weighted by Gasteiger charge is 2.40. The Morgan fingerprint density at radius 2 is 1.69 bits per heavy atom. The molecule has 1 unspecified atom stereocenters. The molecule has 1 N–H and O–H groups in total. The number of aromatic nitrogens is 2. The molecule has 18 heteroatoms. The first-order valence-electron chi connectivity index (χ1n) is 13.4. The number of rotatable bonds is 10. The molecule has 0 bridgehead atoms. The summed E-state index contributed by atoms with van der Waals surface area (Å²) in [7, 11) is -4.37. The monoisotopic (exact) mass is 654 g/mol. The molecule has 2 heterocycles. The molecule has 1 aromatic heterocycles. The fraction of sp³-hybridized carbons (Fsp3) is 0.370. The van der Waals surface area contributed by atoms with E-state index in [9.17, 15) is 36.4 Å². The molecule has 0 radical (unpaired) electrons. The maximum absolute atomic E-state index is 13.5. The Labute approximate surface area is 255 Å². The third kappa shape index (κ3) is 8.20. The molecule has 0 saturated carbocycles. The SMILES string of the molecule is Cc1ccc(-c2cc(C(F)(F)F)nn2-c2ccc(S(=O)(=O)NC(=O)C3CN([N+]([O-])=NOC(C)OC(=O)OC(C)C)C3)cc2)cc1. The molecule has 1 saturated heterocycles. The predicted octanol–water partition coefficient (Wildman–Crippen LogP) is 4.32. The smallest absolute Gasteiger partial charge is 0.511 e. The van der Waals surface area contributed by atoms with Gasteiger partial charge in [0.15, 0.2) is 5.69 Å². The lowest BCUT2D eigenvalue weighted by atomic mass is 10.0. The van der Waals surface area contributed by atoms with Gasteiger partial charge in [-0.3, -0.25) is 9.63 Å². The molecule has 1 amide bonds. The average molecular weight is 655 g/mol. The van der Waals surface area contributed by atoms with Crippen LogP contribution in [0.3, 0.4) is 0 Å². The standard InChI is InChI=1S/C27H29F3N6O8S/c1-16(2)42-26(38)43-18(4)44-33-36(39)34-14-20(15-34)25(37)32-45(40,41)22-11-9-21(10-12-22)35-23(13-24(31-35)27(28,29)30)19-7-5-17(3)6-8-19/h5-13,16,18,20H,14-15H2,1-4H3,(H,32,37). The van der Waals surface area contributed by atoms with Crippen molar-refractivity contribution in [3.05, 3.63) is 71.1 Å². The maximum atomic E-state index is 13.5. The van der Waals surface area contributed by atoms with Gasteiger partial charge in [-0.1, -0.05) is 29.8 Å². The Kier molecular flexibility index (Phi) is 9.55. The van der Waals surface area contributed by atoms with E-state index in [0.717, 1.165) is 33.5 Å². The molecule has 14 nitrogen and oxygen atoms in total. The molecule has 4 rings (SSSR count). The zero-order chi connectivity index (χ0) is 33.1. The number of aryl methyl sites for hydroxylation is 1. The Morgan fingerprint density at radius 1 is 1.07 bits per heavy atom. The van der Waals surface area contributed by atoms with Crippen LogP contribution < -0.4 is 4.72 Å². The maximum Gasteiger partial charge on any atom is 0.511 e. The van der Waals surface area contributed by atoms with Crippen molar-refractivity contribution >= 4 is 22.1 Å². The number of nitrogens with zero attached hydrogens (tertiary/aromatic N) is 5. The molecule has 242 valence electrons. The van der Waals surface area contributed by atoms with E-state index in [0.29, 0.717) is 5.56 Å². The van der Waals surface area contributed by atoms with E-state index < -0.39 is 52.3 Å². The molecule has 1 fully saturated rings. The van der Waals surface area contributed by atoms with Gasteiger partial charge < -0.3 is 14.7 Å². The van der Waals surface area contributed by atoms with Crippen molar-refractivity contribution in [2.75, 3.05) is 13.1 Å². The highest BCUT2D eigenvalue weighted by molar-refractivity contribution is 7.90. The van der Waals surface area contributed by atoms with Crippen molar-refractivity contribution in [2.45, 2.75) is 51.2 Å². The molecule has 1 aliphatic heterocycles. The summed E-state index contributed by atoms with van der Waals surface area (Å²) in [6, 6.07) is 12.4. The number of benzene rings is 2. The van der Waals surface area contributed by atoms with Gasteiger partial charge in [0.1, 0.15) is 0 Å². The molecule has 1 aliphatic rings. The molecule has 0 aliphatic carbocycles. The molecular formula is C27H29F3N6O8S. The minimum Gasteiger partial charge on any atom is -0.569 e. The van der Waals surface area contributed by atoms with E-state index >= 15 is 0 Å². The number of sulfonamides is 1. The van der Waals surface area contributed by atoms with Crippen LogP contribution in [0.25, 0.3) is 16.9 Å². The summed E-state index contributed by atoms with van der Waals surface area (Å²) in [5, 5.41) is 20.0. The van der Waals surface area contributed by atoms with Gasteiger partial charge in [0.2, 0.25) is 11.2 Å². The number of carbonyl (C=O) groups is 2. The normalized spacial score (nSPS) is 14.9. The van der Waals surface area contributed by atoms with Crippen molar-refractivity contribution < 1.29 is 50.5 Å². The predicted molar refractivity (Wildman–Crippen MR) is 148 cm³/mol. The molecular weight excluding hydrogens is 625 g/mol. The first-order valence-corrected chi connectivity index (χ1v) is 14.9. The van der Waals surface area contributed by atoms with E-state index in [4.69, 9.17) is 14.3 Å². The minimum absolute atomic E-state index is 0.0228. The summed E-state index contributed by atoms with van der Waals surface area (Å²) < 4.78 is 78.6. The van der Waals surface area contributed by atoms with Crippen LogP contribution in [0.4, 0.5) is 18.0 Å². The van der Waals surface area contributed by atoms with E-state index in [2.05, 4.69) is 10.4 Å². The van der Waals surface area contributed by atoms with E-state index in [1.807, 2.05) is 11.6 Å². The van der Waals surface area contributed by atoms with Crippen LogP contribution in [-0.4, -0.2) is 65.7 Å². The van der Waals surface area contributed by atoms with Crippen molar-refractivity contribution in [3.8, 4) is 16.9 Å². The quantitative estimate of drug-likeness (QED) is 0.109. The van der Waals surface area contributed by atoms with E-state index in [-0.39, 0.29) is 34.3 Å². The van der Waals surface area contributed by atoms with Gasteiger partial charge >= 0.3 is 12.3 Å². The molecule has 2 aromatic carbocycles. The third-order valence-electron chi connectivity index (χ3n) is 6.31. The summed E-state index contributed by atoms with van der Waals surface area (Å²) in [6.45, 7) is 5.96. The van der Waals surface area contributed by atoms with Crippen molar-refractivity contribution in [3.63, 3.8) is 0 Å². The van der Waals surface area contributed by atoms with E-state index in [1.54, 1.807) is 38.1 Å². The molecule has 45 heavy (non-hydrogen) atoms. The number of halogens is 3. The number of hydrazine groups is 1. The Balaban J connectivity index is 1.38. The van der Waals surface area contributed by atoms with Crippen LogP contribution in [0.15, 0.2) is 64.8 Å². The fourth-order valence-electron chi connectivity index (χ4n) is 3.98. The van der Waals surface area contributed by atoms with Crippen LogP contribution in [-0.2, 0) is 35.3 Å².